The van der Waals surface area contributed by atoms with Crippen LogP contribution >= 0.6 is 0 Å². The van der Waals surface area contributed by atoms with Crippen LogP contribution in [0.1, 0.15) is 37.5 Å². The molecule has 0 spiro atoms. The van der Waals surface area contributed by atoms with Gasteiger partial charge in [0, 0.05) is 6.07 Å². The predicted molar refractivity (Wildman–Crippen MR) is 126 cm³/mol. The fourth-order valence-electron chi connectivity index (χ4n) is 3.54. The summed E-state index contributed by atoms with van der Waals surface area (Å²) in [4.78, 5) is 0. The highest BCUT2D eigenvalue weighted by molar-refractivity contribution is 7.84. The molecular formula is C26H25F6NO2S. The molecule has 194 valence electrons. The van der Waals surface area contributed by atoms with Gasteiger partial charge in [-0.3, -0.25) is 0 Å². The van der Waals surface area contributed by atoms with Gasteiger partial charge in [-0.25, -0.2) is 17.7 Å². The van der Waals surface area contributed by atoms with E-state index in [0.717, 1.165) is 24.3 Å². The molecular weight excluding hydrogens is 504 g/mol. The molecule has 0 aliphatic carbocycles. The fourth-order valence-corrected chi connectivity index (χ4v) is 4.47. The van der Waals surface area contributed by atoms with Crippen LogP contribution in [0, 0.1) is 11.6 Å². The largest absolute Gasteiger partial charge is 0.461 e. The van der Waals surface area contributed by atoms with E-state index in [1.807, 2.05) is 0 Å². The Bertz CT molecular complexity index is 1200. The summed E-state index contributed by atoms with van der Waals surface area (Å²) >= 11 is 0. The highest BCUT2D eigenvalue weighted by Crippen LogP contribution is 2.38. The quantitative estimate of drug-likeness (QED) is 0.312. The molecule has 3 nitrogen and oxygen atoms in total. The Morgan fingerprint density at radius 3 is 2.03 bits per heavy atom. The molecule has 1 N–H and O–H groups in total. The van der Waals surface area contributed by atoms with Crippen molar-refractivity contribution >= 4 is 11.0 Å². The third-order valence-corrected chi connectivity index (χ3v) is 6.99. The molecule has 0 aliphatic heterocycles. The van der Waals surface area contributed by atoms with Crippen LogP contribution in [0.2, 0.25) is 0 Å². The molecule has 0 aromatic heterocycles. The zero-order valence-electron chi connectivity index (χ0n) is 19.7. The van der Waals surface area contributed by atoms with Crippen molar-refractivity contribution in [3.05, 3.63) is 101 Å². The molecule has 10 heteroatoms. The van der Waals surface area contributed by atoms with E-state index < -0.39 is 51.2 Å². The second-order valence-corrected chi connectivity index (χ2v) is 11.2. The lowest BCUT2D eigenvalue weighted by molar-refractivity contribution is -0.253. The number of rotatable bonds is 9. The number of nitrogens with one attached hydrogen (secondary N) is 1. The number of halogens is 6. The van der Waals surface area contributed by atoms with Crippen LogP contribution in [0.5, 0.6) is 5.75 Å². The predicted octanol–water partition coefficient (Wildman–Crippen LogP) is 6.74. The summed E-state index contributed by atoms with van der Waals surface area (Å²) in [6.45, 7) is 5.08. The molecule has 0 heterocycles. The van der Waals surface area contributed by atoms with Crippen molar-refractivity contribution in [3.8, 4) is 5.75 Å². The lowest BCUT2D eigenvalue weighted by Gasteiger charge is -2.38. The minimum absolute atomic E-state index is 0.0232. The lowest BCUT2D eigenvalue weighted by atomic mass is 9.78. The number of benzene rings is 3. The molecule has 2 atom stereocenters. The molecule has 3 aromatic carbocycles. The van der Waals surface area contributed by atoms with Crippen molar-refractivity contribution in [2.24, 2.45) is 0 Å². The Balaban J connectivity index is 2.29. The molecule has 0 fully saturated rings. The van der Waals surface area contributed by atoms with Crippen LogP contribution in [-0.4, -0.2) is 21.5 Å². The van der Waals surface area contributed by atoms with Gasteiger partial charge in [-0.1, -0.05) is 42.5 Å². The highest BCUT2D eigenvalue weighted by Gasteiger charge is 2.45. The average Bonchev–Trinajstić information content (AvgIpc) is 2.78. The van der Waals surface area contributed by atoms with Gasteiger partial charge < -0.3 is 4.74 Å². The Kier molecular flexibility index (Phi) is 8.20. The van der Waals surface area contributed by atoms with Crippen molar-refractivity contribution in [3.63, 3.8) is 0 Å². The van der Waals surface area contributed by atoms with E-state index in [-0.39, 0.29) is 12.0 Å². The van der Waals surface area contributed by atoms with Crippen LogP contribution in [0.25, 0.3) is 0 Å². The molecule has 0 saturated carbocycles. The van der Waals surface area contributed by atoms with Gasteiger partial charge in [0.2, 0.25) is 0 Å². The first-order valence-corrected chi connectivity index (χ1v) is 12.0. The maximum Gasteiger partial charge on any atom is 0.461 e. The van der Waals surface area contributed by atoms with Crippen LogP contribution in [0.15, 0.2) is 72.8 Å². The summed E-state index contributed by atoms with van der Waals surface area (Å²) in [5.74, 6) is -2.46. The van der Waals surface area contributed by atoms with Crippen molar-refractivity contribution < 1.29 is 35.3 Å². The molecule has 3 aromatic rings. The maximum atomic E-state index is 14.7. The van der Waals surface area contributed by atoms with Gasteiger partial charge in [-0.05, 0) is 68.1 Å². The Labute approximate surface area is 208 Å². The van der Waals surface area contributed by atoms with Crippen molar-refractivity contribution in [2.45, 2.75) is 50.0 Å². The molecule has 36 heavy (non-hydrogen) atoms. The SMILES string of the molecule is CC(C)(C)S(=O)NC(Cc1ccccc1)(c1ccc(F)cc1)c1cc(F)cc(OC(F)(F)C(F)F)c1. The van der Waals surface area contributed by atoms with Gasteiger partial charge in [0.1, 0.15) is 17.4 Å². The van der Waals surface area contributed by atoms with E-state index in [1.165, 1.54) is 12.1 Å². The first kappa shape index (κ1) is 27.7. The smallest absolute Gasteiger partial charge is 0.428 e. The van der Waals surface area contributed by atoms with Gasteiger partial charge in [0.05, 0.1) is 21.3 Å². The summed E-state index contributed by atoms with van der Waals surface area (Å²) in [5.41, 5.74) is -0.573. The number of hydrogen-bond acceptors (Lipinski definition) is 2. The van der Waals surface area contributed by atoms with Crippen LogP contribution < -0.4 is 9.46 Å². The Morgan fingerprint density at radius 1 is 0.861 bits per heavy atom. The van der Waals surface area contributed by atoms with Gasteiger partial charge >= 0.3 is 12.5 Å². The molecule has 0 saturated heterocycles. The van der Waals surface area contributed by atoms with E-state index in [2.05, 4.69) is 9.46 Å². The number of alkyl halides is 4. The fraction of sp³-hybridized carbons (Fsp3) is 0.308. The van der Waals surface area contributed by atoms with E-state index in [0.29, 0.717) is 17.2 Å². The maximum absolute atomic E-state index is 14.7. The Morgan fingerprint density at radius 2 is 1.47 bits per heavy atom. The van der Waals surface area contributed by atoms with E-state index in [4.69, 9.17) is 0 Å². The topological polar surface area (TPSA) is 38.3 Å². The van der Waals surface area contributed by atoms with Crippen LogP contribution in [-0.2, 0) is 22.9 Å². The average molecular weight is 530 g/mol. The lowest BCUT2D eigenvalue weighted by Crippen LogP contribution is -2.50. The first-order valence-electron chi connectivity index (χ1n) is 10.9. The van der Waals surface area contributed by atoms with Crippen molar-refractivity contribution in [1.29, 1.82) is 0 Å². The molecule has 3 rings (SSSR count). The summed E-state index contributed by atoms with van der Waals surface area (Å²) in [7, 11) is -1.80. The molecule has 0 amide bonds. The molecule has 0 aliphatic rings. The highest BCUT2D eigenvalue weighted by atomic mass is 32.2. The second-order valence-electron chi connectivity index (χ2n) is 9.20. The first-order chi connectivity index (χ1) is 16.7. The minimum Gasteiger partial charge on any atom is -0.428 e. The molecule has 0 bridgehead atoms. The van der Waals surface area contributed by atoms with E-state index in [9.17, 15) is 30.6 Å². The van der Waals surface area contributed by atoms with Gasteiger partial charge in [0.15, 0.2) is 0 Å². The van der Waals surface area contributed by atoms with Crippen LogP contribution in [0.4, 0.5) is 26.3 Å². The molecule has 2 unspecified atom stereocenters. The summed E-state index contributed by atoms with van der Waals surface area (Å²) in [6.07, 6.45) is -9.00. The molecule has 0 radical (unpaired) electrons. The summed E-state index contributed by atoms with van der Waals surface area (Å²) in [6, 6.07) is 16.4. The van der Waals surface area contributed by atoms with Gasteiger partial charge in [0.25, 0.3) is 0 Å². The normalized spacial score (nSPS) is 14.9. The number of ether oxygens (including phenoxy) is 1. The van der Waals surface area contributed by atoms with E-state index in [1.54, 1.807) is 51.1 Å². The van der Waals surface area contributed by atoms with Crippen LogP contribution in [0.3, 0.4) is 0 Å². The van der Waals surface area contributed by atoms with Gasteiger partial charge in [-0.2, -0.15) is 17.6 Å². The number of hydrogen-bond donors (Lipinski definition) is 1. The Hall–Kier alpha value is -2.85. The van der Waals surface area contributed by atoms with E-state index >= 15 is 0 Å². The summed E-state index contributed by atoms with van der Waals surface area (Å²) < 4.78 is 101. The minimum atomic E-state index is -4.87. The zero-order valence-corrected chi connectivity index (χ0v) is 20.5. The third kappa shape index (κ3) is 6.47. The standard InChI is InChI=1S/C26H25F6NO2S/c1-24(2,3)36(34)33-25(16-17-7-5-4-6-8-17,18-9-11-20(27)12-10-18)19-13-21(28)15-22(14-19)35-26(31,32)23(29)30/h4-15,23,33H,16H2,1-3H3. The summed E-state index contributed by atoms with van der Waals surface area (Å²) in [5, 5.41) is 0. The van der Waals surface area contributed by atoms with Gasteiger partial charge in [-0.15, -0.1) is 0 Å². The van der Waals surface area contributed by atoms with Crippen molar-refractivity contribution in [1.82, 2.24) is 4.72 Å². The second kappa shape index (κ2) is 10.6. The zero-order chi connectivity index (χ0) is 26.7. The van der Waals surface area contributed by atoms with Crippen molar-refractivity contribution in [2.75, 3.05) is 0 Å². The third-order valence-electron chi connectivity index (χ3n) is 5.34. The monoisotopic (exact) mass is 529 g/mol.